The molecule has 4 nitrogen and oxygen atoms in total. The summed E-state index contributed by atoms with van der Waals surface area (Å²) in [4.78, 5) is 13.8. The lowest BCUT2D eigenvalue weighted by Gasteiger charge is -2.19. The van der Waals surface area contributed by atoms with Gasteiger partial charge in [-0.2, -0.15) is 0 Å². The highest BCUT2D eigenvalue weighted by Crippen LogP contribution is 2.20. The number of carbonyl (C=O) groups excluding carboxylic acids is 1. The SMILES string of the molecule is CCOC(=O)c1ccc(CN2CCCC2C)o1. The van der Waals surface area contributed by atoms with Crippen molar-refractivity contribution in [3.05, 3.63) is 23.7 Å². The fourth-order valence-electron chi connectivity index (χ4n) is 2.20. The van der Waals surface area contributed by atoms with Crippen LogP contribution in [0.15, 0.2) is 16.5 Å². The van der Waals surface area contributed by atoms with Gasteiger partial charge in [-0.3, -0.25) is 4.90 Å². The van der Waals surface area contributed by atoms with Crippen molar-refractivity contribution in [1.82, 2.24) is 4.90 Å². The first kappa shape index (κ1) is 12.2. The Hall–Kier alpha value is -1.29. The highest BCUT2D eigenvalue weighted by atomic mass is 16.5. The normalized spacial score (nSPS) is 20.7. The molecule has 1 fully saturated rings. The molecule has 0 bridgehead atoms. The Morgan fingerprint density at radius 2 is 2.41 bits per heavy atom. The van der Waals surface area contributed by atoms with Crippen LogP contribution in [0.4, 0.5) is 0 Å². The molecule has 1 aliphatic heterocycles. The van der Waals surface area contributed by atoms with E-state index in [-0.39, 0.29) is 5.97 Å². The fraction of sp³-hybridized carbons (Fsp3) is 0.615. The first-order valence-electron chi connectivity index (χ1n) is 6.20. The number of rotatable bonds is 4. The van der Waals surface area contributed by atoms with Crippen molar-refractivity contribution >= 4 is 5.97 Å². The number of furan rings is 1. The second-order valence-electron chi connectivity index (χ2n) is 4.45. The molecule has 0 saturated carbocycles. The highest BCUT2D eigenvalue weighted by molar-refractivity contribution is 5.86. The van der Waals surface area contributed by atoms with E-state index in [9.17, 15) is 4.79 Å². The lowest BCUT2D eigenvalue weighted by molar-refractivity contribution is 0.0486. The molecule has 1 unspecified atom stereocenters. The molecule has 2 heterocycles. The number of carbonyl (C=O) groups is 1. The molecule has 1 aliphatic rings. The Labute approximate surface area is 102 Å². The third-order valence-electron chi connectivity index (χ3n) is 3.19. The fourth-order valence-corrected chi connectivity index (χ4v) is 2.20. The van der Waals surface area contributed by atoms with Gasteiger partial charge in [-0.15, -0.1) is 0 Å². The van der Waals surface area contributed by atoms with Crippen molar-refractivity contribution in [3.8, 4) is 0 Å². The minimum absolute atomic E-state index is 0.300. The number of nitrogens with zero attached hydrogens (tertiary/aromatic N) is 1. The molecule has 0 amide bonds. The quantitative estimate of drug-likeness (QED) is 0.754. The molecule has 1 aromatic heterocycles. The number of ether oxygens (including phenoxy) is 1. The second kappa shape index (κ2) is 5.36. The van der Waals surface area contributed by atoms with Crippen LogP contribution in [-0.4, -0.2) is 30.1 Å². The third-order valence-corrected chi connectivity index (χ3v) is 3.19. The lowest BCUT2D eigenvalue weighted by Crippen LogP contribution is -2.25. The maximum Gasteiger partial charge on any atom is 0.374 e. The van der Waals surface area contributed by atoms with Crippen molar-refractivity contribution in [1.29, 1.82) is 0 Å². The Balaban J connectivity index is 1.96. The highest BCUT2D eigenvalue weighted by Gasteiger charge is 2.22. The first-order chi connectivity index (χ1) is 8.20. The van der Waals surface area contributed by atoms with Crippen molar-refractivity contribution in [3.63, 3.8) is 0 Å². The molecule has 0 radical (unpaired) electrons. The minimum atomic E-state index is -0.381. The van der Waals surface area contributed by atoms with Gasteiger partial charge in [0.05, 0.1) is 13.2 Å². The van der Waals surface area contributed by atoms with E-state index in [4.69, 9.17) is 9.15 Å². The van der Waals surface area contributed by atoms with E-state index >= 15 is 0 Å². The first-order valence-corrected chi connectivity index (χ1v) is 6.20. The van der Waals surface area contributed by atoms with Crippen molar-refractivity contribution in [2.24, 2.45) is 0 Å². The smallest absolute Gasteiger partial charge is 0.374 e. The van der Waals surface area contributed by atoms with Crippen LogP contribution in [0.3, 0.4) is 0 Å². The minimum Gasteiger partial charge on any atom is -0.460 e. The Kier molecular flexibility index (Phi) is 3.84. The zero-order valence-electron chi connectivity index (χ0n) is 10.4. The predicted molar refractivity (Wildman–Crippen MR) is 63.8 cm³/mol. The summed E-state index contributed by atoms with van der Waals surface area (Å²) < 4.78 is 10.4. The van der Waals surface area contributed by atoms with E-state index in [0.717, 1.165) is 18.8 Å². The van der Waals surface area contributed by atoms with Gasteiger partial charge < -0.3 is 9.15 Å². The number of hydrogen-bond donors (Lipinski definition) is 0. The summed E-state index contributed by atoms with van der Waals surface area (Å²) in [5, 5.41) is 0. The molecule has 0 N–H and O–H groups in total. The molecule has 0 spiro atoms. The number of likely N-dealkylation sites (tertiary alicyclic amines) is 1. The van der Waals surface area contributed by atoms with Gasteiger partial charge >= 0.3 is 5.97 Å². The van der Waals surface area contributed by atoms with E-state index in [1.54, 1.807) is 13.0 Å². The number of hydrogen-bond acceptors (Lipinski definition) is 4. The van der Waals surface area contributed by atoms with Crippen molar-refractivity contribution < 1.29 is 13.9 Å². The summed E-state index contributed by atoms with van der Waals surface area (Å²) >= 11 is 0. The van der Waals surface area contributed by atoms with Gasteiger partial charge in [-0.05, 0) is 45.4 Å². The van der Waals surface area contributed by atoms with Crippen LogP contribution < -0.4 is 0 Å². The summed E-state index contributed by atoms with van der Waals surface area (Å²) in [7, 11) is 0. The van der Waals surface area contributed by atoms with Crippen LogP contribution in [0.25, 0.3) is 0 Å². The molecule has 1 saturated heterocycles. The molecule has 1 atom stereocenters. The third kappa shape index (κ3) is 2.88. The van der Waals surface area contributed by atoms with Crippen LogP contribution in [0.2, 0.25) is 0 Å². The maximum atomic E-state index is 11.4. The van der Waals surface area contributed by atoms with Crippen molar-refractivity contribution in [2.75, 3.05) is 13.2 Å². The molecule has 17 heavy (non-hydrogen) atoms. The van der Waals surface area contributed by atoms with E-state index in [0.29, 0.717) is 18.4 Å². The topological polar surface area (TPSA) is 42.7 Å². The van der Waals surface area contributed by atoms with Crippen LogP contribution in [0.5, 0.6) is 0 Å². The maximum absolute atomic E-state index is 11.4. The summed E-state index contributed by atoms with van der Waals surface area (Å²) in [5.74, 6) is 0.753. The Bertz CT molecular complexity index is 386. The molecule has 2 rings (SSSR count). The summed E-state index contributed by atoms with van der Waals surface area (Å²) in [6, 6.07) is 4.15. The van der Waals surface area contributed by atoms with Crippen LogP contribution >= 0.6 is 0 Å². The molecule has 94 valence electrons. The summed E-state index contributed by atoms with van der Waals surface area (Å²) in [5.41, 5.74) is 0. The van der Waals surface area contributed by atoms with Gasteiger partial charge in [-0.1, -0.05) is 0 Å². The summed E-state index contributed by atoms with van der Waals surface area (Å²) in [6.45, 7) is 6.27. The largest absolute Gasteiger partial charge is 0.460 e. The van der Waals surface area contributed by atoms with Crippen molar-refractivity contribution in [2.45, 2.75) is 39.3 Å². The monoisotopic (exact) mass is 237 g/mol. The predicted octanol–water partition coefficient (Wildman–Crippen LogP) is 2.44. The zero-order valence-corrected chi connectivity index (χ0v) is 10.4. The Morgan fingerprint density at radius 1 is 1.59 bits per heavy atom. The van der Waals surface area contributed by atoms with Gasteiger partial charge in [0, 0.05) is 6.04 Å². The lowest BCUT2D eigenvalue weighted by atomic mass is 10.2. The van der Waals surface area contributed by atoms with E-state index in [1.165, 1.54) is 12.8 Å². The van der Waals surface area contributed by atoms with Gasteiger partial charge in [0.1, 0.15) is 5.76 Å². The average molecular weight is 237 g/mol. The zero-order chi connectivity index (χ0) is 12.3. The van der Waals surface area contributed by atoms with Crippen LogP contribution in [0, 0.1) is 0 Å². The van der Waals surface area contributed by atoms with E-state index < -0.39 is 0 Å². The summed E-state index contributed by atoms with van der Waals surface area (Å²) in [6.07, 6.45) is 2.48. The van der Waals surface area contributed by atoms with E-state index in [1.807, 2.05) is 6.07 Å². The molecule has 0 aliphatic carbocycles. The van der Waals surface area contributed by atoms with Gasteiger partial charge in [0.15, 0.2) is 0 Å². The molecular weight excluding hydrogens is 218 g/mol. The molecule has 4 heteroatoms. The van der Waals surface area contributed by atoms with Gasteiger partial charge in [0.25, 0.3) is 0 Å². The van der Waals surface area contributed by atoms with Gasteiger partial charge in [-0.25, -0.2) is 4.79 Å². The van der Waals surface area contributed by atoms with E-state index in [2.05, 4.69) is 11.8 Å². The molecule has 0 aromatic carbocycles. The molecular formula is C13H19NO3. The van der Waals surface area contributed by atoms with Crippen LogP contribution in [-0.2, 0) is 11.3 Å². The molecule has 1 aromatic rings. The van der Waals surface area contributed by atoms with Gasteiger partial charge in [0.2, 0.25) is 5.76 Å². The standard InChI is InChI=1S/C13H19NO3/c1-3-16-13(15)12-7-6-11(17-12)9-14-8-4-5-10(14)2/h6-7,10H,3-5,8-9H2,1-2H3. The average Bonchev–Trinajstić information content (AvgIpc) is 2.90. The number of esters is 1. The second-order valence-corrected chi connectivity index (χ2v) is 4.45. The van der Waals surface area contributed by atoms with Crippen LogP contribution in [0.1, 0.15) is 43.0 Å². The Morgan fingerprint density at radius 3 is 3.06 bits per heavy atom.